The molecule has 0 aromatic carbocycles. The van der Waals surface area contributed by atoms with E-state index >= 15 is 0 Å². The molecule has 0 aromatic rings. The van der Waals surface area contributed by atoms with Gasteiger partial charge in [-0.2, -0.15) is 0 Å². The summed E-state index contributed by atoms with van der Waals surface area (Å²) in [5, 5.41) is 7.53. The Morgan fingerprint density at radius 2 is 2.21 bits per heavy atom. The zero-order valence-corrected chi connectivity index (χ0v) is 12.6. The maximum Gasteiger partial charge on any atom is 0.0207 e. The van der Waals surface area contributed by atoms with Gasteiger partial charge in [0.25, 0.3) is 0 Å². The van der Waals surface area contributed by atoms with Crippen LogP contribution < -0.4 is 10.6 Å². The molecule has 19 heavy (non-hydrogen) atoms. The van der Waals surface area contributed by atoms with Crippen molar-refractivity contribution in [3.05, 3.63) is 0 Å². The molecular weight excluding hydrogens is 234 g/mol. The van der Waals surface area contributed by atoms with Crippen LogP contribution >= 0.6 is 0 Å². The largest absolute Gasteiger partial charge is 0.316 e. The number of hydrogen-bond acceptors (Lipinski definition) is 3. The number of piperidine rings is 1. The number of hydrogen-bond donors (Lipinski definition) is 2. The van der Waals surface area contributed by atoms with Crippen LogP contribution in [0.1, 0.15) is 51.9 Å². The zero-order valence-electron chi connectivity index (χ0n) is 12.6. The molecule has 2 aliphatic heterocycles. The molecule has 0 aromatic heterocycles. The lowest BCUT2D eigenvalue weighted by molar-refractivity contribution is 0.175. The zero-order chi connectivity index (χ0) is 13.1. The summed E-state index contributed by atoms with van der Waals surface area (Å²) >= 11 is 0. The van der Waals surface area contributed by atoms with Crippen molar-refractivity contribution < 1.29 is 0 Å². The SMILES string of the molecule is CCCC1(CNC2CCN(C3CC3)C2)CCCNC1. The lowest BCUT2D eigenvalue weighted by Crippen LogP contribution is -2.48. The molecule has 0 bridgehead atoms. The molecule has 0 radical (unpaired) electrons. The van der Waals surface area contributed by atoms with Gasteiger partial charge in [0.15, 0.2) is 0 Å². The van der Waals surface area contributed by atoms with Crippen molar-refractivity contribution in [3.63, 3.8) is 0 Å². The van der Waals surface area contributed by atoms with Gasteiger partial charge < -0.3 is 10.6 Å². The molecule has 2 saturated heterocycles. The molecular formula is C16H31N3. The summed E-state index contributed by atoms with van der Waals surface area (Å²) in [6.45, 7) is 8.66. The Hall–Kier alpha value is -0.120. The van der Waals surface area contributed by atoms with Gasteiger partial charge >= 0.3 is 0 Å². The summed E-state index contributed by atoms with van der Waals surface area (Å²) < 4.78 is 0. The monoisotopic (exact) mass is 265 g/mol. The van der Waals surface area contributed by atoms with Crippen molar-refractivity contribution in [2.24, 2.45) is 5.41 Å². The van der Waals surface area contributed by atoms with E-state index in [0.29, 0.717) is 5.41 Å². The Morgan fingerprint density at radius 1 is 1.32 bits per heavy atom. The molecule has 0 amide bonds. The molecule has 2 atom stereocenters. The van der Waals surface area contributed by atoms with E-state index in [2.05, 4.69) is 22.5 Å². The quantitative estimate of drug-likeness (QED) is 0.769. The molecule has 2 heterocycles. The Morgan fingerprint density at radius 3 is 2.89 bits per heavy atom. The van der Waals surface area contributed by atoms with Crippen LogP contribution in [0.25, 0.3) is 0 Å². The molecule has 3 heteroatoms. The molecule has 2 unspecified atom stereocenters. The van der Waals surface area contributed by atoms with Crippen molar-refractivity contribution in [2.75, 3.05) is 32.7 Å². The number of nitrogens with one attached hydrogen (secondary N) is 2. The first kappa shape index (κ1) is 13.8. The van der Waals surface area contributed by atoms with Crippen LogP contribution in [-0.2, 0) is 0 Å². The molecule has 3 nitrogen and oxygen atoms in total. The highest BCUT2D eigenvalue weighted by atomic mass is 15.2. The summed E-state index contributed by atoms with van der Waals surface area (Å²) in [7, 11) is 0. The first-order chi connectivity index (χ1) is 9.31. The van der Waals surface area contributed by atoms with E-state index in [4.69, 9.17) is 0 Å². The van der Waals surface area contributed by atoms with E-state index in [-0.39, 0.29) is 0 Å². The van der Waals surface area contributed by atoms with E-state index in [1.807, 2.05) is 0 Å². The Bertz CT molecular complexity index is 276. The van der Waals surface area contributed by atoms with Crippen LogP contribution in [0.15, 0.2) is 0 Å². The average Bonchev–Trinajstić information content (AvgIpc) is 3.17. The third-order valence-corrected chi connectivity index (χ3v) is 5.39. The second kappa shape index (κ2) is 6.11. The van der Waals surface area contributed by atoms with E-state index in [0.717, 1.165) is 12.1 Å². The molecule has 1 saturated carbocycles. The van der Waals surface area contributed by atoms with Crippen LogP contribution in [0.4, 0.5) is 0 Å². The fraction of sp³-hybridized carbons (Fsp3) is 1.00. The molecule has 0 spiro atoms. The van der Waals surface area contributed by atoms with Gasteiger partial charge in [-0.15, -0.1) is 0 Å². The fourth-order valence-corrected chi connectivity index (χ4v) is 4.10. The highest BCUT2D eigenvalue weighted by Crippen LogP contribution is 2.32. The van der Waals surface area contributed by atoms with Crippen molar-refractivity contribution in [1.82, 2.24) is 15.5 Å². The van der Waals surface area contributed by atoms with E-state index in [9.17, 15) is 0 Å². The van der Waals surface area contributed by atoms with Crippen LogP contribution in [0.5, 0.6) is 0 Å². The van der Waals surface area contributed by atoms with Gasteiger partial charge in [-0.25, -0.2) is 0 Å². The Labute approximate surface area is 118 Å². The minimum atomic E-state index is 0.542. The molecule has 3 fully saturated rings. The highest BCUT2D eigenvalue weighted by molar-refractivity contribution is 4.94. The van der Waals surface area contributed by atoms with Crippen LogP contribution in [-0.4, -0.2) is 49.7 Å². The van der Waals surface area contributed by atoms with Crippen molar-refractivity contribution >= 4 is 0 Å². The number of nitrogens with zero attached hydrogens (tertiary/aromatic N) is 1. The van der Waals surface area contributed by atoms with Gasteiger partial charge in [-0.1, -0.05) is 13.3 Å². The average molecular weight is 265 g/mol. The van der Waals surface area contributed by atoms with Gasteiger partial charge in [0.05, 0.1) is 0 Å². The minimum Gasteiger partial charge on any atom is -0.316 e. The maximum atomic E-state index is 3.91. The summed E-state index contributed by atoms with van der Waals surface area (Å²) in [6, 6.07) is 1.71. The smallest absolute Gasteiger partial charge is 0.0207 e. The van der Waals surface area contributed by atoms with E-state index < -0.39 is 0 Å². The second-order valence-electron chi connectivity index (χ2n) is 7.12. The third-order valence-electron chi connectivity index (χ3n) is 5.39. The van der Waals surface area contributed by atoms with Gasteiger partial charge in [0.1, 0.15) is 0 Å². The topological polar surface area (TPSA) is 27.3 Å². The summed E-state index contributed by atoms with van der Waals surface area (Å²) in [4.78, 5) is 2.71. The predicted molar refractivity (Wildman–Crippen MR) is 80.4 cm³/mol. The number of rotatable bonds is 6. The van der Waals surface area contributed by atoms with E-state index in [1.165, 1.54) is 77.7 Å². The Balaban J connectivity index is 1.46. The van der Waals surface area contributed by atoms with Crippen molar-refractivity contribution in [1.29, 1.82) is 0 Å². The van der Waals surface area contributed by atoms with E-state index in [1.54, 1.807) is 0 Å². The normalized spacial score (nSPS) is 36.8. The molecule has 2 N–H and O–H groups in total. The molecule has 1 aliphatic carbocycles. The first-order valence-corrected chi connectivity index (χ1v) is 8.49. The van der Waals surface area contributed by atoms with Gasteiger partial charge in [0.2, 0.25) is 0 Å². The predicted octanol–water partition coefficient (Wildman–Crippen LogP) is 1.98. The van der Waals surface area contributed by atoms with Crippen molar-refractivity contribution in [2.45, 2.75) is 64.0 Å². The van der Waals surface area contributed by atoms with Gasteiger partial charge in [-0.3, -0.25) is 4.90 Å². The van der Waals surface area contributed by atoms with Crippen LogP contribution in [0.3, 0.4) is 0 Å². The van der Waals surface area contributed by atoms with Crippen LogP contribution in [0, 0.1) is 5.41 Å². The van der Waals surface area contributed by atoms with Crippen LogP contribution in [0.2, 0.25) is 0 Å². The minimum absolute atomic E-state index is 0.542. The second-order valence-corrected chi connectivity index (χ2v) is 7.12. The van der Waals surface area contributed by atoms with Crippen molar-refractivity contribution in [3.8, 4) is 0 Å². The first-order valence-electron chi connectivity index (χ1n) is 8.49. The molecule has 3 aliphatic rings. The molecule has 110 valence electrons. The third kappa shape index (κ3) is 3.50. The van der Waals surface area contributed by atoms with Gasteiger partial charge in [0, 0.05) is 38.3 Å². The summed E-state index contributed by atoms with van der Waals surface area (Å²) in [6.07, 6.45) is 9.76. The lowest BCUT2D eigenvalue weighted by Gasteiger charge is -2.39. The maximum absolute atomic E-state index is 3.91. The summed E-state index contributed by atoms with van der Waals surface area (Å²) in [5.74, 6) is 0. The number of likely N-dealkylation sites (tertiary alicyclic amines) is 1. The Kier molecular flexibility index (Phi) is 4.45. The molecule has 3 rings (SSSR count). The summed E-state index contributed by atoms with van der Waals surface area (Å²) in [5.41, 5.74) is 0.542. The lowest BCUT2D eigenvalue weighted by atomic mass is 9.77. The highest BCUT2D eigenvalue weighted by Gasteiger charge is 2.36. The van der Waals surface area contributed by atoms with Gasteiger partial charge in [-0.05, 0) is 50.5 Å². The standard InChI is InChI=1S/C16H31N3/c1-2-7-16(8-3-9-17-12-16)13-18-14-6-10-19(11-14)15-4-5-15/h14-15,17-18H,2-13H2,1H3. The fourth-order valence-electron chi connectivity index (χ4n) is 4.10.